The molecule has 0 heterocycles. The molecule has 24 rings (SSSR count). The van der Waals surface area contributed by atoms with Crippen LogP contribution in [0, 0.1) is 0 Å². The van der Waals surface area contributed by atoms with Crippen LogP contribution in [0.25, 0.3) is 123 Å². The maximum atomic E-state index is 2.36. The molecule has 588 valence electrons. The van der Waals surface area contributed by atoms with Crippen molar-refractivity contribution in [2.24, 2.45) is 0 Å². The summed E-state index contributed by atoms with van der Waals surface area (Å²) in [5.41, 5.74) is 44.4. The van der Waals surface area contributed by atoms with Gasteiger partial charge in [0.15, 0.2) is 0 Å². The minimum absolute atomic E-state index is 1.07. The van der Waals surface area contributed by atoms with E-state index in [1.807, 2.05) is 0 Å². The van der Waals surface area contributed by atoms with Gasteiger partial charge in [-0.1, -0.05) is 364 Å². The lowest BCUT2D eigenvalue weighted by Gasteiger charge is -2.24. The molecule has 0 nitrogen and oxygen atoms in total. The molecule has 0 saturated heterocycles. The zero-order valence-electron chi connectivity index (χ0n) is 69.6. The molecule has 0 radical (unpaired) electrons. The smallest absolute Gasteiger partial charge is 0.00883 e. The molecule has 0 aliphatic heterocycles. The normalized spacial score (nSPS) is 15.0. The second-order valence-corrected chi connectivity index (χ2v) is 33.9. The molecule has 0 heteroatoms. The van der Waals surface area contributed by atoms with Gasteiger partial charge in [-0.25, -0.2) is 0 Å². The SMILES string of the molecule is C1=CCc2c(cccc2-c2cccc3c2CC=CC3)C1.C1=Cc2c(cccc2-c2cccc3c2C=CCC3)CC1.C1=Cc2cccc(-c3cccc4c3CCC=C4)c2CC1.c1cc2c(c(-c3cccc4c3CCCC4)c1)CCCC2.c1cc2c(c(-c3cccc4ccccc34)c1)CCCC2.c1ccc2c(-c3cccc4ccccc34)cccc2c1. The fraction of sp³-hybridized carbons (Fsp3) is 0.200. The summed E-state index contributed by atoms with van der Waals surface area (Å²) in [5.74, 6) is 0. The van der Waals surface area contributed by atoms with Crippen LogP contribution in [0.1, 0.15) is 164 Å². The lowest BCUT2D eigenvalue weighted by molar-refractivity contribution is 0.681. The highest BCUT2D eigenvalue weighted by Crippen LogP contribution is 2.43. The summed E-state index contributed by atoms with van der Waals surface area (Å²) in [6, 6.07) is 107. The number of hydrogen-bond donors (Lipinski definition) is 0. The maximum Gasteiger partial charge on any atom is -0.00883 e. The second kappa shape index (κ2) is 36.8. The molecule has 0 bridgehead atoms. The molecule has 0 fully saturated rings. The molecule has 0 spiro atoms. The van der Waals surface area contributed by atoms with E-state index in [0.717, 1.165) is 25.7 Å². The first-order valence-electron chi connectivity index (χ1n) is 45.0. The van der Waals surface area contributed by atoms with Crippen LogP contribution in [0.5, 0.6) is 0 Å². The number of rotatable bonds is 6. The van der Waals surface area contributed by atoms with Crippen molar-refractivity contribution >= 4 is 56.6 Å². The number of fused-ring (bicyclic) bond motifs is 12. The topological polar surface area (TPSA) is 0 Å². The van der Waals surface area contributed by atoms with Gasteiger partial charge in [-0.3, -0.25) is 0 Å². The van der Waals surface area contributed by atoms with Crippen molar-refractivity contribution in [3.8, 4) is 66.8 Å². The quantitative estimate of drug-likeness (QED) is 0.146. The molecule has 0 unspecified atom stereocenters. The van der Waals surface area contributed by atoms with Gasteiger partial charge in [0.2, 0.25) is 0 Å². The standard InChI is InChI=1S/C20H22.4C20H18.C20H14/c6*1-3-11-17-15(7-1)9-5-13-19(17)20-14-6-10-16-8-2-4-12-18(16)20/h5-6,9-10,13-14H,1-4,7-8,11-12H2;3-6,9-14H,1-2,7-8H2;1,3,5-7,9-11,13-14H,2,4,8,12H2;1-2,5-10,13-14H,3-4,11-12H2;1-6,9-10,13-14H,7-8,11-12H2;1-14H. The van der Waals surface area contributed by atoms with E-state index in [1.165, 1.54) is 294 Å². The van der Waals surface area contributed by atoms with Gasteiger partial charge in [0.05, 0.1) is 0 Å². The summed E-state index contributed by atoms with van der Waals surface area (Å²) >= 11 is 0. The largest absolute Gasteiger partial charge is 0.0838 e. The van der Waals surface area contributed by atoms with E-state index in [1.54, 1.807) is 33.4 Å². The number of benzene rings is 15. The van der Waals surface area contributed by atoms with Crippen molar-refractivity contribution in [2.45, 2.75) is 154 Å². The van der Waals surface area contributed by atoms with Gasteiger partial charge >= 0.3 is 0 Å². The van der Waals surface area contributed by atoms with Crippen LogP contribution in [0.15, 0.2) is 340 Å². The Balaban J connectivity index is 0.0000000952. The maximum absolute atomic E-state index is 2.36. The highest BCUT2D eigenvalue weighted by Gasteiger charge is 2.24. The van der Waals surface area contributed by atoms with Crippen LogP contribution in [0.2, 0.25) is 0 Å². The van der Waals surface area contributed by atoms with E-state index < -0.39 is 0 Å². The minimum Gasteiger partial charge on any atom is -0.0838 e. The minimum atomic E-state index is 1.07. The molecule has 15 aromatic rings. The van der Waals surface area contributed by atoms with Crippen molar-refractivity contribution in [2.75, 3.05) is 0 Å². The van der Waals surface area contributed by atoms with Gasteiger partial charge in [-0.15, -0.1) is 0 Å². The average Bonchev–Trinajstić information content (AvgIpc) is 0.807. The number of allylic oxidation sites excluding steroid dienone is 8. The van der Waals surface area contributed by atoms with E-state index in [0.29, 0.717) is 0 Å². The van der Waals surface area contributed by atoms with Gasteiger partial charge in [0, 0.05) is 0 Å². The first kappa shape index (κ1) is 77.4. The molecule has 9 aliphatic carbocycles. The van der Waals surface area contributed by atoms with Crippen LogP contribution < -0.4 is 0 Å². The van der Waals surface area contributed by atoms with Crippen molar-refractivity contribution in [3.63, 3.8) is 0 Å². The van der Waals surface area contributed by atoms with E-state index in [2.05, 4.69) is 364 Å². The summed E-state index contributed by atoms with van der Waals surface area (Å²) in [7, 11) is 0. The highest BCUT2D eigenvalue weighted by molar-refractivity contribution is 6.05. The molecule has 0 amide bonds. The van der Waals surface area contributed by atoms with Gasteiger partial charge < -0.3 is 0 Å². The van der Waals surface area contributed by atoms with Crippen LogP contribution in [-0.4, -0.2) is 0 Å². The molecule has 15 aromatic carbocycles. The molecular weight excluding hydrogens is 1440 g/mol. The Bertz CT molecular complexity index is 6140. The summed E-state index contributed by atoms with van der Waals surface area (Å²) in [4.78, 5) is 0. The van der Waals surface area contributed by atoms with Gasteiger partial charge in [-0.05, 0) is 353 Å². The van der Waals surface area contributed by atoms with Crippen molar-refractivity contribution < 1.29 is 0 Å². The van der Waals surface area contributed by atoms with E-state index in [9.17, 15) is 0 Å². The first-order valence-corrected chi connectivity index (χ1v) is 45.0. The van der Waals surface area contributed by atoms with Crippen LogP contribution in [0.4, 0.5) is 0 Å². The van der Waals surface area contributed by atoms with Crippen molar-refractivity contribution in [3.05, 3.63) is 440 Å². The van der Waals surface area contributed by atoms with Crippen molar-refractivity contribution in [1.82, 2.24) is 0 Å². The summed E-state index contributed by atoms with van der Waals surface area (Å²) in [5, 5.41) is 7.90. The van der Waals surface area contributed by atoms with Crippen LogP contribution in [-0.2, 0) is 89.9 Å². The predicted molar refractivity (Wildman–Crippen MR) is 516 cm³/mol. The van der Waals surface area contributed by atoms with Crippen LogP contribution in [0.3, 0.4) is 0 Å². The molecule has 0 aromatic heterocycles. The Kier molecular flexibility index (Phi) is 23.7. The molecule has 0 saturated carbocycles. The van der Waals surface area contributed by atoms with Gasteiger partial charge in [0.25, 0.3) is 0 Å². The highest BCUT2D eigenvalue weighted by atomic mass is 14.3. The Morgan fingerprint density at radius 1 is 0.150 bits per heavy atom. The summed E-state index contributed by atoms with van der Waals surface area (Å²) in [6.45, 7) is 0. The summed E-state index contributed by atoms with van der Waals surface area (Å²) in [6.07, 6.45) is 56.9. The molecular formula is C120H108. The lowest BCUT2D eigenvalue weighted by atomic mass is 9.81. The molecule has 9 aliphatic rings. The molecule has 0 atom stereocenters. The third-order valence-corrected chi connectivity index (χ3v) is 26.8. The molecule has 120 heavy (non-hydrogen) atoms. The number of aryl methyl sites for hydroxylation is 5. The van der Waals surface area contributed by atoms with Gasteiger partial charge in [0.1, 0.15) is 0 Å². The Hall–Kier alpha value is -12.5. The van der Waals surface area contributed by atoms with E-state index >= 15 is 0 Å². The van der Waals surface area contributed by atoms with Crippen LogP contribution >= 0.6 is 0 Å². The first-order chi connectivity index (χ1) is 59.6. The van der Waals surface area contributed by atoms with E-state index in [-0.39, 0.29) is 0 Å². The third kappa shape index (κ3) is 16.6. The lowest BCUT2D eigenvalue weighted by Crippen LogP contribution is -2.08. The third-order valence-electron chi connectivity index (χ3n) is 26.8. The fourth-order valence-corrected chi connectivity index (χ4v) is 20.8. The zero-order valence-corrected chi connectivity index (χ0v) is 69.6. The zero-order chi connectivity index (χ0) is 80.2. The van der Waals surface area contributed by atoms with E-state index in [4.69, 9.17) is 0 Å². The molecule has 0 N–H and O–H groups in total. The van der Waals surface area contributed by atoms with Gasteiger partial charge in [-0.2, -0.15) is 0 Å². The Morgan fingerprint density at radius 2 is 0.417 bits per heavy atom. The Labute approximate surface area is 712 Å². The number of hydrogen-bond acceptors (Lipinski definition) is 0. The fourth-order valence-electron chi connectivity index (χ4n) is 20.8. The Morgan fingerprint density at radius 3 is 0.817 bits per heavy atom. The average molecular weight is 1550 g/mol. The monoisotopic (exact) mass is 1550 g/mol. The van der Waals surface area contributed by atoms with Crippen molar-refractivity contribution in [1.29, 1.82) is 0 Å². The second-order valence-electron chi connectivity index (χ2n) is 33.9. The summed E-state index contributed by atoms with van der Waals surface area (Å²) < 4.78 is 0. The predicted octanol–water partition coefficient (Wildman–Crippen LogP) is 31.4.